The van der Waals surface area contributed by atoms with Crippen molar-refractivity contribution in [1.82, 2.24) is 0 Å². The van der Waals surface area contributed by atoms with E-state index in [0.29, 0.717) is 0 Å². The van der Waals surface area contributed by atoms with Crippen molar-refractivity contribution in [2.75, 3.05) is 13.2 Å². The average molecular weight is 517 g/mol. The number of rotatable bonds is 26. The second kappa shape index (κ2) is 25.0. The van der Waals surface area contributed by atoms with E-state index in [1.807, 2.05) is 0 Å². The summed E-state index contributed by atoms with van der Waals surface area (Å²) in [4.78, 5) is 33.5. The molecule has 3 N–H and O–H groups in total. The van der Waals surface area contributed by atoms with Gasteiger partial charge in [-0.1, -0.05) is 116 Å². The monoisotopic (exact) mass is 516 g/mol. The van der Waals surface area contributed by atoms with Gasteiger partial charge in [0.15, 0.2) is 6.10 Å². The predicted molar refractivity (Wildman–Crippen MR) is 140 cm³/mol. The number of aliphatic carboxylic acids is 1. The molecule has 36 heavy (non-hydrogen) atoms. The van der Waals surface area contributed by atoms with Gasteiger partial charge < -0.3 is 24.8 Å². The van der Waals surface area contributed by atoms with Gasteiger partial charge in [0.1, 0.15) is 19.3 Å². The highest BCUT2D eigenvalue weighted by Gasteiger charge is 2.20. The first-order chi connectivity index (χ1) is 17.4. The van der Waals surface area contributed by atoms with E-state index in [1.165, 1.54) is 96.3 Å². The molecule has 0 bridgehead atoms. The van der Waals surface area contributed by atoms with Crippen molar-refractivity contribution in [1.29, 1.82) is 0 Å². The van der Waals surface area contributed by atoms with Gasteiger partial charge in [-0.3, -0.25) is 9.59 Å². The smallest absolute Gasteiger partial charge is 0.333 e. The Morgan fingerprint density at radius 1 is 0.583 bits per heavy atom. The molecular formula is C28H52O8. The first kappa shape index (κ1) is 34.3. The van der Waals surface area contributed by atoms with Crippen LogP contribution in [0.5, 0.6) is 0 Å². The number of carboxylic acid groups (broad SMARTS) is 1. The molecule has 0 saturated heterocycles. The number of esters is 2. The summed E-state index contributed by atoms with van der Waals surface area (Å²) in [6.45, 7) is 1.53. The van der Waals surface area contributed by atoms with Gasteiger partial charge in [-0.15, -0.1) is 0 Å². The Bertz CT molecular complexity index is 552. The standard InChI is InChI=1S/C28H52O8/c1-2-3-4-5-6-7-8-9-10-11-12-13-14-15-16-17-18-19-20-26(31)35-22-24(29)23-36-27(32)21-25(30)28(33)34/h24-25,29-30H,2-23H2,1H3,(H,33,34). The lowest BCUT2D eigenvalue weighted by Crippen LogP contribution is -2.28. The molecule has 0 aromatic carbocycles. The Morgan fingerprint density at radius 3 is 1.33 bits per heavy atom. The van der Waals surface area contributed by atoms with Gasteiger partial charge in [0, 0.05) is 6.42 Å². The number of aliphatic hydroxyl groups is 2. The van der Waals surface area contributed by atoms with E-state index in [0.717, 1.165) is 19.3 Å². The highest BCUT2D eigenvalue weighted by atomic mass is 16.6. The predicted octanol–water partition coefficient (Wildman–Crippen LogP) is 5.70. The van der Waals surface area contributed by atoms with Crippen molar-refractivity contribution in [3.8, 4) is 0 Å². The number of carboxylic acids is 1. The second-order valence-corrected chi connectivity index (χ2v) is 9.84. The lowest BCUT2D eigenvalue weighted by Gasteiger charge is -2.12. The highest BCUT2D eigenvalue weighted by Crippen LogP contribution is 2.14. The molecule has 8 nitrogen and oxygen atoms in total. The molecule has 0 aliphatic carbocycles. The molecule has 0 amide bonds. The Balaban J connectivity index is 3.38. The fourth-order valence-electron chi connectivity index (χ4n) is 3.97. The zero-order valence-corrected chi connectivity index (χ0v) is 22.6. The summed E-state index contributed by atoms with van der Waals surface area (Å²) in [7, 11) is 0. The molecule has 0 fully saturated rings. The third-order valence-electron chi connectivity index (χ3n) is 6.25. The van der Waals surface area contributed by atoms with E-state index in [9.17, 15) is 19.5 Å². The number of unbranched alkanes of at least 4 members (excludes halogenated alkanes) is 17. The Hall–Kier alpha value is -1.67. The molecule has 8 heteroatoms. The molecule has 0 aromatic rings. The molecule has 0 aliphatic rings. The Labute approximate surface area is 218 Å². The van der Waals surface area contributed by atoms with E-state index < -0.39 is 43.1 Å². The van der Waals surface area contributed by atoms with Crippen LogP contribution >= 0.6 is 0 Å². The van der Waals surface area contributed by atoms with E-state index in [4.69, 9.17) is 14.9 Å². The zero-order chi connectivity index (χ0) is 26.9. The van der Waals surface area contributed by atoms with Gasteiger partial charge in [-0.05, 0) is 6.42 Å². The van der Waals surface area contributed by atoms with Crippen LogP contribution in [0.25, 0.3) is 0 Å². The minimum absolute atomic E-state index is 0.288. The van der Waals surface area contributed by atoms with Gasteiger partial charge >= 0.3 is 17.9 Å². The van der Waals surface area contributed by atoms with Crippen LogP contribution in [0.3, 0.4) is 0 Å². The van der Waals surface area contributed by atoms with Crippen LogP contribution in [0, 0.1) is 0 Å². The number of aliphatic hydroxyl groups excluding tert-OH is 2. The number of carbonyl (C=O) groups is 3. The minimum Gasteiger partial charge on any atom is -0.479 e. The van der Waals surface area contributed by atoms with Crippen molar-refractivity contribution in [2.24, 2.45) is 0 Å². The quantitative estimate of drug-likeness (QED) is 0.0985. The van der Waals surface area contributed by atoms with Gasteiger partial charge in [-0.2, -0.15) is 0 Å². The van der Waals surface area contributed by atoms with Gasteiger partial charge in [0.2, 0.25) is 0 Å². The maximum absolute atomic E-state index is 11.7. The number of hydrogen-bond acceptors (Lipinski definition) is 7. The van der Waals surface area contributed by atoms with Crippen molar-refractivity contribution in [3.63, 3.8) is 0 Å². The molecule has 0 heterocycles. The molecule has 2 unspecified atom stereocenters. The number of hydrogen-bond donors (Lipinski definition) is 3. The largest absolute Gasteiger partial charge is 0.479 e. The lowest BCUT2D eigenvalue weighted by molar-refractivity contribution is -0.159. The lowest BCUT2D eigenvalue weighted by atomic mass is 10.0. The fraction of sp³-hybridized carbons (Fsp3) is 0.893. The van der Waals surface area contributed by atoms with E-state index >= 15 is 0 Å². The van der Waals surface area contributed by atoms with E-state index in [2.05, 4.69) is 11.7 Å². The summed E-state index contributed by atoms with van der Waals surface area (Å²) < 4.78 is 9.62. The third kappa shape index (κ3) is 24.0. The first-order valence-corrected chi connectivity index (χ1v) is 14.3. The summed E-state index contributed by atoms with van der Waals surface area (Å²) in [5, 5.41) is 27.2. The van der Waals surface area contributed by atoms with Gasteiger partial charge in [0.05, 0.1) is 6.42 Å². The molecule has 0 saturated carbocycles. The molecule has 0 aromatic heterocycles. The molecule has 0 radical (unpaired) electrons. The van der Waals surface area contributed by atoms with Crippen molar-refractivity contribution in [2.45, 2.75) is 148 Å². The van der Waals surface area contributed by atoms with E-state index in [1.54, 1.807) is 0 Å². The van der Waals surface area contributed by atoms with Crippen LogP contribution in [0.1, 0.15) is 135 Å². The van der Waals surface area contributed by atoms with Gasteiger partial charge in [-0.25, -0.2) is 4.79 Å². The Morgan fingerprint density at radius 2 is 0.944 bits per heavy atom. The van der Waals surface area contributed by atoms with Crippen molar-refractivity contribution < 1.29 is 39.2 Å². The maximum atomic E-state index is 11.7. The summed E-state index contributed by atoms with van der Waals surface area (Å²) in [6.07, 6.45) is 19.6. The molecule has 0 spiro atoms. The van der Waals surface area contributed by atoms with Crippen molar-refractivity contribution >= 4 is 17.9 Å². The Kier molecular flexibility index (Phi) is 23.8. The first-order valence-electron chi connectivity index (χ1n) is 14.3. The molecule has 0 rings (SSSR count). The van der Waals surface area contributed by atoms with Crippen LogP contribution in [0.2, 0.25) is 0 Å². The van der Waals surface area contributed by atoms with Gasteiger partial charge in [0.25, 0.3) is 0 Å². The normalized spacial score (nSPS) is 12.8. The van der Waals surface area contributed by atoms with Crippen LogP contribution < -0.4 is 0 Å². The van der Waals surface area contributed by atoms with Crippen LogP contribution in [-0.4, -0.2) is 58.6 Å². The molecular weight excluding hydrogens is 464 g/mol. The number of ether oxygens (including phenoxy) is 2. The summed E-state index contributed by atoms with van der Waals surface area (Å²) >= 11 is 0. The fourth-order valence-corrected chi connectivity index (χ4v) is 3.97. The second-order valence-electron chi connectivity index (χ2n) is 9.84. The summed E-state index contributed by atoms with van der Waals surface area (Å²) in [6, 6.07) is 0. The number of carbonyl (C=O) groups excluding carboxylic acids is 2. The summed E-state index contributed by atoms with van der Waals surface area (Å²) in [5.41, 5.74) is 0. The minimum atomic E-state index is -1.85. The topological polar surface area (TPSA) is 130 Å². The van der Waals surface area contributed by atoms with Crippen LogP contribution in [-0.2, 0) is 23.9 Å². The average Bonchev–Trinajstić information content (AvgIpc) is 2.85. The SMILES string of the molecule is CCCCCCCCCCCCCCCCCCCCC(=O)OCC(O)COC(=O)CC(O)C(=O)O. The maximum Gasteiger partial charge on any atom is 0.333 e. The summed E-state index contributed by atoms with van der Waals surface area (Å²) in [5.74, 6) is -2.88. The molecule has 212 valence electrons. The van der Waals surface area contributed by atoms with E-state index in [-0.39, 0.29) is 13.0 Å². The van der Waals surface area contributed by atoms with Crippen molar-refractivity contribution in [3.05, 3.63) is 0 Å². The molecule has 0 aliphatic heterocycles. The third-order valence-corrected chi connectivity index (χ3v) is 6.25. The molecule has 2 atom stereocenters. The van der Waals surface area contributed by atoms with Crippen LogP contribution in [0.15, 0.2) is 0 Å². The zero-order valence-electron chi connectivity index (χ0n) is 22.6. The highest BCUT2D eigenvalue weighted by molar-refractivity contribution is 5.80. The van der Waals surface area contributed by atoms with Crippen LogP contribution in [0.4, 0.5) is 0 Å².